The number of nitrogens with zero attached hydrogens (tertiary/aromatic N) is 1. The number of ether oxygens (including phenoxy) is 2. The fourth-order valence-electron chi connectivity index (χ4n) is 2.66. The zero-order valence-electron chi connectivity index (χ0n) is 17.2. The zero-order valence-corrected chi connectivity index (χ0v) is 19.6. The molecule has 0 fully saturated rings. The molecule has 28 heavy (non-hydrogen) atoms. The first-order valence-corrected chi connectivity index (χ1v) is 9.33. The molecule has 2 rings (SSSR count). The van der Waals surface area contributed by atoms with Gasteiger partial charge in [-0.15, -0.1) is 24.0 Å². The van der Waals surface area contributed by atoms with Gasteiger partial charge in [0.15, 0.2) is 5.96 Å². The van der Waals surface area contributed by atoms with E-state index in [0.29, 0.717) is 19.8 Å². The summed E-state index contributed by atoms with van der Waals surface area (Å²) in [5.41, 5.74) is 4.87. The lowest BCUT2D eigenvalue weighted by atomic mass is 10.1. The molecule has 0 amide bonds. The van der Waals surface area contributed by atoms with E-state index in [-0.39, 0.29) is 24.0 Å². The van der Waals surface area contributed by atoms with Gasteiger partial charge in [0.2, 0.25) is 0 Å². The van der Waals surface area contributed by atoms with Crippen molar-refractivity contribution in [2.45, 2.75) is 26.8 Å². The fraction of sp³-hybridized carbons (Fsp3) is 0.409. The van der Waals surface area contributed by atoms with E-state index in [9.17, 15) is 0 Å². The molecular weight excluding hydrogens is 465 g/mol. The van der Waals surface area contributed by atoms with E-state index in [1.54, 1.807) is 14.2 Å². The lowest BCUT2D eigenvalue weighted by molar-refractivity contribution is 0.145. The van der Waals surface area contributed by atoms with Gasteiger partial charge in [0, 0.05) is 32.8 Å². The van der Waals surface area contributed by atoms with E-state index in [1.807, 2.05) is 0 Å². The van der Waals surface area contributed by atoms with E-state index in [4.69, 9.17) is 9.47 Å². The highest BCUT2D eigenvalue weighted by Crippen LogP contribution is 2.20. The van der Waals surface area contributed by atoms with Gasteiger partial charge in [-0.25, -0.2) is 0 Å². The molecule has 2 aromatic rings. The van der Waals surface area contributed by atoms with Crippen LogP contribution in [0.2, 0.25) is 0 Å². The first kappa shape index (κ1) is 24.2. The Morgan fingerprint density at radius 3 is 2.36 bits per heavy atom. The number of benzene rings is 2. The number of methoxy groups -OCH3 is 1. The van der Waals surface area contributed by atoms with Crippen LogP contribution in [-0.4, -0.2) is 39.9 Å². The molecule has 0 unspecified atom stereocenters. The van der Waals surface area contributed by atoms with E-state index in [2.05, 4.69) is 71.9 Å². The first-order chi connectivity index (χ1) is 13.1. The predicted molar refractivity (Wildman–Crippen MR) is 127 cm³/mol. The molecular formula is C22H32IN3O2. The van der Waals surface area contributed by atoms with Crippen molar-refractivity contribution in [2.75, 3.05) is 33.9 Å². The molecule has 0 aromatic heterocycles. The van der Waals surface area contributed by atoms with Crippen LogP contribution in [0.1, 0.15) is 22.3 Å². The topological polar surface area (TPSA) is 54.9 Å². The number of aliphatic imine (C=N–C) groups is 1. The largest absolute Gasteiger partial charge is 0.491 e. The zero-order chi connectivity index (χ0) is 19.5. The molecule has 0 aliphatic rings. The minimum atomic E-state index is 0. The molecule has 0 saturated carbocycles. The average molecular weight is 497 g/mol. The maximum Gasteiger partial charge on any atom is 0.191 e. The van der Waals surface area contributed by atoms with Gasteiger partial charge in [-0.05, 0) is 37.5 Å². The van der Waals surface area contributed by atoms with Crippen LogP contribution in [0.5, 0.6) is 5.75 Å². The molecule has 6 heteroatoms. The molecule has 0 aliphatic carbocycles. The van der Waals surface area contributed by atoms with Gasteiger partial charge >= 0.3 is 0 Å². The Morgan fingerprint density at radius 1 is 0.964 bits per heavy atom. The lowest BCUT2D eigenvalue weighted by Gasteiger charge is -2.15. The van der Waals surface area contributed by atoms with Gasteiger partial charge < -0.3 is 20.1 Å². The maximum absolute atomic E-state index is 5.85. The Labute approximate surface area is 186 Å². The standard InChI is InChI=1S/C22H31N3O2.HI/c1-17-5-8-19(9-6-17)11-12-24-22(23-3)25-16-20-10-7-18(2)15-21(20)27-14-13-26-4;/h5-10,15H,11-14,16H2,1-4H3,(H2,23,24,25);1H. The smallest absolute Gasteiger partial charge is 0.191 e. The van der Waals surface area contributed by atoms with Gasteiger partial charge in [0.05, 0.1) is 6.61 Å². The van der Waals surface area contributed by atoms with Crippen molar-refractivity contribution >= 4 is 29.9 Å². The minimum absolute atomic E-state index is 0. The number of guanidine groups is 1. The van der Waals surface area contributed by atoms with Gasteiger partial charge in [-0.1, -0.05) is 42.0 Å². The van der Waals surface area contributed by atoms with Crippen LogP contribution in [0.3, 0.4) is 0 Å². The molecule has 0 radical (unpaired) electrons. The summed E-state index contributed by atoms with van der Waals surface area (Å²) in [6, 6.07) is 14.9. The third-order valence-electron chi connectivity index (χ3n) is 4.26. The van der Waals surface area contributed by atoms with Crippen LogP contribution < -0.4 is 15.4 Å². The van der Waals surface area contributed by atoms with Crippen molar-refractivity contribution in [2.24, 2.45) is 4.99 Å². The van der Waals surface area contributed by atoms with Gasteiger partial charge in [-0.3, -0.25) is 4.99 Å². The summed E-state index contributed by atoms with van der Waals surface area (Å²) in [6.07, 6.45) is 0.955. The Morgan fingerprint density at radius 2 is 1.68 bits per heavy atom. The number of nitrogens with one attached hydrogen (secondary N) is 2. The normalized spacial score (nSPS) is 10.9. The SMILES string of the molecule is CN=C(NCCc1ccc(C)cc1)NCc1ccc(C)cc1OCCOC.I. The third-order valence-corrected chi connectivity index (χ3v) is 4.26. The highest BCUT2D eigenvalue weighted by atomic mass is 127. The second kappa shape index (κ2) is 13.4. The summed E-state index contributed by atoms with van der Waals surface area (Å²) in [4.78, 5) is 4.30. The van der Waals surface area contributed by atoms with Crippen LogP contribution in [-0.2, 0) is 17.7 Å². The van der Waals surface area contributed by atoms with Crippen molar-refractivity contribution in [3.05, 3.63) is 64.7 Å². The fourth-order valence-corrected chi connectivity index (χ4v) is 2.66. The Kier molecular flexibility index (Phi) is 11.6. The monoisotopic (exact) mass is 497 g/mol. The number of hydrogen-bond acceptors (Lipinski definition) is 3. The molecule has 2 N–H and O–H groups in total. The van der Waals surface area contributed by atoms with E-state index >= 15 is 0 Å². The quantitative estimate of drug-likeness (QED) is 0.239. The maximum atomic E-state index is 5.85. The van der Waals surface area contributed by atoms with Crippen molar-refractivity contribution in [3.8, 4) is 5.75 Å². The van der Waals surface area contributed by atoms with Crippen LogP contribution >= 0.6 is 24.0 Å². The Bertz CT molecular complexity index is 733. The summed E-state index contributed by atoms with van der Waals surface area (Å²) in [7, 11) is 3.46. The van der Waals surface area contributed by atoms with Crippen LogP contribution in [0.4, 0.5) is 0 Å². The summed E-state index contributed by atoms with van der Waals surface area (Å²) in [5, 5.41) is 6.72. The van der Waals surface area contributed by atoms with Gasteiger partial charge in [0.25, 0.3) is 0 Å². The summed E-state index contributed by atoms with van der Waals surface area (Å²) in [5.74, 6) is 1.67. The number of halogens is 1. The van der Waals surface area contributed by atoms with Crippen LogP contribution in [0, 0.1) is 13.8 Å². The van der Waals surface area contributed by atoms with E-state index in [1.165, 1.54) is 16.7 Å². The highest BCUT2D eigenvalue weighted by Gasteiger charge is 2.06. The Balaban J connectivity index is 0.00000392. The van der Waals surface area contributed by atoms with Crippen molar-refractivity contribution in [3.63, 3.8) is 0 Å². The van der Waals surface area contributed by atoms with Gasteiger partial charge in [-0.2, -0.15) is 0 Å². The van der Waals surface area contributed by atoms with Crippen LogP contribution in [0.15, 0.2) is 47.5 Å². The lowest BCUT2D eigenvalue weighted by Crippen LogP contribution is -2.37. The molecule has 0 spiro atoms. The molecule has 2 aromatic carbocycles. The molecule has 0 heterocycles. The average Bonchev–Trinajstić information content (AvgIpc) is 2.67. The van der Waals surface area contributed by atoms with Gasteiger partial charge in [0.1, 0.15) is 12.4 Å². The van der Waals surface area contributed by atoms with Crippen molar-refractivity contribution < 1.29 is 9.47 Å². The van der Waals surface area contributed by atoms with Crippen molar-refractivity contribution in [1.29, 1.82) is 0 Å². The molecule has 154 valence electrons. The third kappa shape index (κ3) is 8.48. The van der Waals surface area contributed by atoms with E-state index in [0.717, 1.165) is 30.2 Å². The van der Waals surface area contributed by atoms with Crippen molar-refractivity contribution in [1.82, 2.24) is 10.6 Å². The second-order valence-electron chi connectivity index (χ2n) is 6.54. The molecule has 0 atom stereocenters. The minimum Gasteiger partial charge on any atom is -0.491 e. The molecule has 0 saturated heterocycles. The number of aryl methyl sites for hydroxylation is 2. The van der Waals surface area contributed by atoms with Crippen LogP contribution in [0.25, 0.3) is 0 Å². The summed E-state index contributed by atoms with van der Waals surface area (Å²) < 4.78 is 10.9. The van der Waals surface area contributed by atoms with E-state index < -0.39 is 0 Å². The molecule has 5 nitrogen and oxygen atoms in total. The second-order valence-corrected chi connectivity index (χ2v) is 6.54. The first-order valence-electron chi connectivity index (χ1n) is 9.33. The highest BCUT2D eigenvalue weighted by molar-refractivity contribution is 14.0. The Hall–Kier alpha value is -1.80. The predicted octanol–water partition coefficient (Wildman–Crippen LogP) is 3.85. The summed E-state index contributed by atoms with van der Waals surface area (Å²) in [6.45, 7) is 6.75. The number of hydrogen-bond donors (Lipinski definition) is 2. The molecule has 0 aliphatic heterocycles. The summed E-state index contributed by atoms with van der Waals surface area (Å²) >= 11 is 0. The molecule has 0 bridgehead atoms. The number of rotatable bonds is 9.